The van der Waals surface area contributed by atoms with Gasteiger partial charge in [-0.3, -0.25) is 4.79 Å². The molecule has 5 heteroatoms. The van der Waals surface area contributed by atoms with Gasteiger partial charge in [-0.1, -0.05) is 30.3 Å². The van der Waals surface area contributed by atoms with Gasteiger partial charge in [0.1, 0.15) is 0 Å². The van der Waals surface area contributed by atoms with Gasteiger partial charge in [0.05, 0.1) is 18.3 Å². The fourth-order valence-corrected chi connectivity index (χ4v) is 3.52. The summed E-state index contributed by atoms with van der Waals surface area (Å²) in [5.74, 6) is 1.10. The monoisotopic (exact) mass is 353 g/mol. The molecule has 0 N–H and O–H groups in total. The predicted octanol–water partition coefficient (Wildman–Crippen LogP) is 4.44. The molecule has 0 radical (unpaired) electrons. The van der Waals surface area contributed by atoms with Crippen LogP contribution in [-0.2, 0) is 11.3 Å². The van der Waals surface area contributed by atoms with Gasteiger partial charge in [-0.2, -0.15) is 0 Å². The molecule has 1 aromatic heterocycles. The lowest BCUT2D eigenvalue weighted by Gasteiger charge is -2.15. The Morgan fingerprint density at radius 3 is 2.46 bits per heavy atom. The fraction of sp³-hybridized carbons (Fsp3) is 0.286. The number of ether oxygens (including phenoxy) is 3. The third-order valence-corrected chi connectivity index (χ3v) is 4.55. The van der Waals surface area contributed by atoms with E-state index >= 15 is 0 Å². The van der Waals surface area contributed by atoms with Gasteiger partial charge in [0.25, 0.3) is 0 Å². The molecular weight excluding hydrogens is 330 g/mol. The lowest BCUT2D eigenvalue weighted by Crippen LogP contribution is -2.05. The van der Waals surface area contributed by atoms with Crippen molar-refractivity contribution in [3.63, 3.8) is 0 Å². The molecule has 0 atom stereocenters. The Morgan fingerprint density at radius 2 is 1.88 bits per heavy atom. The number of fused-ring (bicyclic) bond motifs is 1. The van der Waals surface area contributed by atoms with E-state index in [0.717, 1.165) is 40.6 Å². The highest BCUT2D eigenvalue weighted by molar-refractivity contribution is 6.06. The largest absolute Gasteiger partial charge is 0.493 e. The zero-order chi connectivity index (χ0) is 18.7. The molecule has 0 aliphatic heterocycles. The van der Waals surface area contributed by atoms with Crippen LogP contribution in [0.5, 0.6) is 11.5 Å². The Hall–Kier alpha value is -2.79. The Bertz CT molecular complexity index is 929. The maximum absolute atomic E-state index is 11.8. The van der Waals surface area contributed by atoms with Crippen molar-refractivity contribution < 1.29 is 19.0 Å². The molecule has 5 nitrogen and oxygen atoms in total. The molecule has 0 amide bonds. The first kappa shape index (κ1) is 18.0. The first-order valence-electron chi connectivity index (χ1n) is 8.54. The SMILES string of the molecule is CCn1c(-c2ccccc2)c(C)c2c(C=O)cc(OC)c(OCOC)c21. The van der Waals surface area contributed by atoms with E-state index in [9.17, 15) is 4.79 Å². The Labute approximate surface area is 153 Å². The quantitative estimate of drug-likeness (QED) is 0.465. The molecule has 0 aliphatic rings. The van der Waals surface area contributed by atoms with E-state index in [0.29, 0.717) is 17.1 Å². The lowest BCUT2D eigenvalue weighted by atomic mass is 10.0. The van der Waals surface area contributed by atoms with Crippen LogP contribution in [0, 0.1) is 6.92 Å². The van der Waals surface area contributed by atoms with Crippen molar-refractivity contribution >= 4 is 17.2 Å². The number of aldehydes is 1. The van der Waals surface area contributed by atoms with Crippen molar-refractivity contribution in [1.82, 2.24) is 4.57 Å². The summed E-state index contributed by atoms with van der Waals surface area (Å²) in [6.45, 7) is 4.94. The van der Waals surface area contributed by atoms with Gasteiger partial charge in [0.2, 0.25) is 0 Å². The van der Waals surface area contributed by atoms with Gasteiger partial charge in [0.15, 0.2) is 24.6 Å². The topological polar surface area (TPSA) is 49.7 Å². The van der Waals surface area contributed by atoms with E-state index in [1.54, 1.807) is 20.3 Å². The van der Waals surface area contributed by atoms with Crippen LogP contribution in [0.15, 0.2) is 36.4 Å². The summed E-state index contributed by atoms with van der Waals surface area (Å²) in [6.07, 6.45) is 0.868. The van der Waals surface area contributed by atoms with Gasteiger partial charge < -0.3 is 18.8 Å². The molecule has 26 heavy (non-hydrogen) atoms. The van der Waals surface area contributed by atoms with Crippen LogP contribution in [0.2, 0.25) is 0 Å². The fourth-order valence-electron chi connectivity index (χ4n) is 3.52. The molecular formula is C21H23NO4. The summed E-state index contributed by atoms with van der Waals surface area (Å²) >= 11 is 0. The number of hydrogen-bond donors (Lipinski definition) is 0. The maximum atomic E-state index is 11.8. The molecule has 136 valence electrons. The summed E-state index contributed by atoms with van der Waals surface area (Å²) in [5, 5.41) is 0.882. The zero-order valence-electron chi connectivity index (χ0n) is 15.5. The summed E-state index contributed by atoms with van der Waals surface area (Å²) < 4.78 is 18.6. The van der Waals surface area contributed by atoms with E-state index in [1.807, 2.05) is 25.1 Å². The number of carbonyl (C=O) groups excluding carboxylic acids is 1. The van der Waals surface area contributed by atoms with Gasteiger partial charge in [-0.05, 0) is 31.0 Å². The highest BCUT2D eigenvalue weighted by Gasteiger charge is 2.24. The van der Waals surface area contributed by atoms with Crippen LogP contribution in [0.4, 0.5) is 0 Å². The highest BCUT2D eigenvalue weighted by atomic mass is 16.7. The van der Waals surface area contributed by atoms with E-state index in [4.69, 9.17) is 14.2 Å². The first-order chi connectivity index (χ1) is 12.7. The van der Waals surface area contributed by atoms with Gasteiger partial charge >= 0.3 is 0 Å². The van der Waals surface area contributed by atoms with Crippen LogP contribution in [0.1, 0.15) is 22.8 Å². The van der Waals surface area contributed by atoms with Crippen molar-refractivity contribution in [2.45, 2.75) is 20.4 Å². The minimum Gasteiger partial charge on any atom is -0.493 e. The number of benzene rings is 2. The smallest absolute Gasteiger partial charge is 0.189 e. The first-order valence-corrected chi connectivity index (χ1v) is 8.54. The van der Waals surface area contributed by atoms with E-state index in [2.05, 4.69) is 23.6 Å². The van der Waals surface area contributed by atoms with E-state index in [1.165, 1.54) is 0 Å². The second-order valence-electron chi connectivity index (χ2n) is 5.97. The molecule has 3 rings (SSSR count). The molecule has 3 aromatic rings. The molecule has 0 unspecified atom stereocenters. The number of aryl methyl sites for hydroxylation is 2. The van der Waals surface area contributed by atoms with Crippen LogP contribution in [0.25, 0.3) is 22.2 Å². The van der Waals surface area contributed by atoms with Gasteiger partial charge in [-0.25, -0.2) is 0 Å². The Kier molecular flexibility index (Phi) is 5.28. The number of nitrogens with zero attached hydrogens (tertiary/aromatic N) is 1. The Balaban J connectivity index is 2.45. The average Bonchev–Trinajstić information content (AvgIpc) is 2.99. The molecule has 0 spiro atoms. The van der Waals surface area contributed by atoms with Crippen molar-refractivity contribution in [1.29, 1.82) is 0 Å². The minimum absolute atomic E-state index is 0.0977. The molecule has 1 heterocycles. The minimum atomic E-state index is 0.0977. The second kappa shape index (κ2) is 7.62. The maximum Gasteiger partial charge on any atom is 0.189 e. The molecule has 0 aliphatic carbocycles. The highest BCUT2D eigenvalue weighted by Crippen LogP contribution is 2.44. The zero-order valence-corrected chi connectivity index (χ0v) is 15.5. The van der Waals surface area contributed by atoms with Crippen molar-refractivity contribution in [2.24, 2.45) is 0 Å². The number of methoxy groups -OCH3 is 2. The number of hydrogen-bond acceptors (Lipinski definition) is 4. The van der Waals surface area contributed by atoms with Crippen molar-refractivity contribution in [3.05, 3.63) is 47.5 Å². The van der Waals surface area contributed by atoms with E-state index in [-0.39, 0.29) is 6.79 Å². The lowest BCUT2D eigenvalue weighted by molar-refractivity contribution is 0.0500. The summed E-state index contributed by atoms with van der Waals surface area (Å²) in [6, 6.07) is 11.9. The predicted molar refractivity (Wildman–Crippen MR) is 102 cm³/mol. The molecule has 0 saturated carbocycles. The second-order valence-corrected chi connectivity index (χ2v) is 5.97. The standard InChI is InChI=1S/C21H23NO4/c1-5-22-19(15-9-7-6-8-10-15)14(2)18-16(12-23)11-17(25-4)21(20(18)22)26-13-24-3/h6-12H,5,13H2,1-4H3. The average molecular weight is 353 g/mol. The third-order valence-electron chi connectivity index (χ3n) is 4.55. The third kappa shape index (κ3) is 2.84. The van der Waals surface area contributed by atoms with Crippen LogP contribution in [0.3, 0.4) is 0 Å². The van der Waals surface area contributed by atoms with Crippen molar-refractivity contribution in [2.75, 3.05) is 21.0 Å². The van der Waals surface area contributed by atoms with Gasteiger partial charge in [0, 0.05) is 24.6 Å². The molecule has 2 aromatic carbocycles. The van der Waals surface area contributed by atoms with Crippen LogP contribution >= 0.6 is 0 Å². The molecule has 0 fully saturated rings. The number of aromatic nitrogens is 1. The van der Waals surface area contributed by atoms with Crippen molar-refractivity contribution in [3.8, 4) is 22.8 Å². The van der Waals surface area contributed by atoms with Crippen LogP contribution < -0.4 is 9.47 Å². The summed E-state index contributed by atoms with van der Waals surface area (Å²) in [4.78, 5) is 11.8. The van der Waals surface area contributed by atoms with Gasteiger partial charge in [-0.15, -0.1) is 0 Å². The number of rotatable bonds is 7. The summed E-state index contributed by atoms with van der Waals surface area (Å²) in [5.41, 5.74) is 4.64. The summed E-state index contributed by atoms with van der Waals surface area (Å²) in [7, 11) is 3.14. The van der Waals surface area contributed by atoms with E-state index < -0.39 is 0 Å². The molecule has 0 saturated heterocycles. The number of carbonyl (C=O) groups is 1. The Morgan fingerprint density at radius 1 is 1.15 bits per heavy atom. The van der Waals surface area contributed by atoms with Crippen LogP contribution in [-0.4, -0.2) is 31.9 Å². The molecule has 0 bridgehead atoms. The normalized spacial score (nSPS) is 10.9.